The molecule has 0 bridgehead atoms. The normalized spacial score (nSPS) is 11.4. The maximum absolute atomic E-state index is 14.2. The van der Waals surface area contributed by atoms with E-state index in [-0.39, 0.29) is 0 Å². The third-order valence-corrected chi connectivity index (χ3v) is 3.35. The van der Waals surface area contributed by atoms with Crippen molar-refractivity contribution in [3.8, 4) is 11.1 Å². The van der Waals surface area contributed by atoms with Crippen molar-refractivity contribution >= 4 is 23.1 Å². The van der Waals surface area contributed by atoms with Gasteiger partial charge in [-0.15, -0.1) is 0 Å². The average Bonchev–Trinajstić information content (AvgIpc) is 2.86. The van der Waals surface area contributed by atoms with Crippen LogP contribution in [0.2, 0.25) is 0 Å². The van der Waals surface area contributed by atoms with Gasteiger partial charge in [0.1, 0.15) is 5.82 Å². The average molecular weight is 297 g/mol. The molecule has 0 aliphatic rings. The minimum atomic E-state index is -1.10. The van der Waals surface area contributed by atoms with Crippen molar-refractivity contribution < 1.29 is 14.3 Å². The molecule has 5 nitrogen and oxygen atoms in total. The fourth-order valence-electron chi connectivity index (χ4n) is 2.32. The Balaban J connectivity index is 2.20. The molecule has 2 heterocycles. The Labute approximate surface area is 125 Å². The maximum Gasteiger partial charge on any atom is 0.328 e. The van der Waals surface area contributed by atoms with E-state index in [1.54, 1.807) is 18.5 Å². The first-order chi connectivity index (χ1) is 10.6. The Morgan fingerprint density at radius 3 is 2.95 bits per heavy atom. The summed E-state index contributed by atoms with van der Waals surface area (Å²) in [5, 5.41) is 8.74. The van der Waals surface area contributed by atoms with E-state index in [9.17, 15) is 9.18 Å². The van der Waals surface area contributed by atoms with Gasteiger partial charge in [0, 0.05) is 30.4 Å². The number of hydrogen-bond donors (Lipinski definition) is 1. The zero-order valence-electron chi connectivity index (χ0n) is 11.7. The van der Waals surface area contributed by atoms with Crippen LogP contribution in [0, 0.1) is 5.82 Å². The van der Waals surface area contributed by atoms with Gasteiger partial charge in [-0.25, -0.2) is 14.2 Å². The summed E-state index contributed by atoms with van der Waals surface area (Å²) < 4.78 is 16.1. The fourth-order valence-corrected chi connectivity index (χ4v) is 2.32. The number of benzene rings is 1. The second-order valence-electron chi connectivity index (χ2n) is 4.82. The molecule has 0 aliphatic heterocycles. The van der Waals surface area contributed by atoms with Gasteiger partial charge in [-0.3, -0.25) is 4.98 Å². The molecule has 0 atom stereocenters. The largest absolute Gasteiger partial charge is 0.478 e. The number of carboxylic acid groups (broad SMARTS) is 1. The van der Waals surface area contributed by atoms with Crippen LogP contribution in [0.4, 0.5) is 4.39 Å². The van der Waals surface area contributed by atoms with E-state index in [1.807, 2.05) is 17.7 Å². The van der Waals surface area contributed by atoms with Crippen LogP contribution in [0.15, 0.2) is 43.0 Å². The zero-order chi connectivity index (χ0) is 15.7. The molecule has 1 aromatic carbocycles. The van der Waals surface area contributed by atoms with Crippen molar-refractivity contribution in [3.05, 3.63) is 54.4 Å². The Morgan fingerprint density at radius 1 is 1.36 bits per heavy atom. The molecular weight excluding hydrogens is 285 g/mol. The van der Waals surface area contributed by atoms with E-state index in [1.165, 1.54) is 12.3 Å². The molecular formula is C16H12FN3O2. The summed E-state index contributed by atoms with van der Waals surface area (Å²) in [4.78, 5) is 18.7. The summed E-state index contributed by atoms with van der Waals surface area (Å²) in [5.74, 6) is -1.61. The second kappa shape index (κ2) is 5.40. The van der Waals surface area contributed by atoms with Gasteiger partial charge in [-0.05, 0) is 23.8 Å². The van der Waals surface area contributed by atoms with Crippen LogP contribution in [0.5, 0.6) is 0 Å². The lowest BCUT2D eigenvalue weighted by Crippen LogP contribution is -1.93. The lowest BCUT2D eigenvalue weighted by atomic mass is 10.0. The van der Waals surface area contributed by atoms with E-state index >= 15 is 0 Å². The second-order valence-corrected chi connectivity index (χ2v) is 4.82. The van der Waals surface area contributed by atoms with E-state index in [2.05, 4.69) is 9.97 Å². The van der Waals surface area contributed by atoms with E-state index in [4.69, 9.17) is 5.11 Å². The third kappa shape index (κ3) is 2.46. The zero-order valence-corrected chi connectivity index (χ0v) is 11.7. The van der Waals surface area contributed by atoms with E-state index in [0.717, 1.165) is 23.3 Å². The highest BCUT2D eigenvalue weighted by Gasteiger charge is 2.12. The number of rotatable bonds is 3. The molecule has 6 heteroatoms. The number of halogens is 1. The third-order valence-electron chi connectivity index (χ3n) is 3.35. The molecule has 0 unspecified atom stereocenters. The van der Waals surface area contributed by atoms with Crippen molar-refractivity contribution in [2.24, 2.45) is 7.05 Å². The van der Waals surface area contributed by atoms with Crippen molar-refractivity contribution in [3.63, 3.8) is 0 Å². The molecule has 0 spiro atoms. The summed E-state index contributed by atoms with van der Waals surface area (Å²) >= 11 is 0. The number of aryl methyl sites for hydroxylation is 1. The first kappa shape index (κ1) is 13.9. The maximum atomic E-state index is 14.2. The number of aliphatic carboxylic acids is 1. The van der Waals surface area contributed by atoms with E-state index < -0.39 is 11.8 Å². The van der Waals surface area contributed by atoms with Crippen molar-refractivity contribution in [2.45, 2.75) is 0 Å². The predicted molar refractivity (Wildman–Crippen MR) is 80.6 cm³/mol. The predicted octanol–water partition coefficient (Wildman–Crippen LogP) is 2.87. The fraction of sp³-hybridized carbons (Fsp3) is 0.0625. The molecule has 1 N–H and O–H groups in total. The van der Waals surface area contributed by atoms with Gasteiger partial charge in [-0.1, -0.05) is 6.07 Å². The van der Waals surface area contributed by atoms with Crippen molar-refractivity contribution in [1.29, 1.82) is 0 Å². The molecule has 0 amide bonds. The van der Waals surface area contributed by atoms with Crippen LogP contribution in [-0.2, 0) is 11.8 Å². The molecule has 0 radical (unpaired) electrons. The van der Waals surface area contributed by atoms with Gasteiger partial charge in [-0.2, -0.15) is 0 Å². The lowest BCUT2D eigenvalue weighted by molar-refractivity contribution is -0.131. The van der Waals surface area contributed by atoms with Gasteiger partial charge in [0.05, 0.1) is 23.6 Å². The molecule has 0 saturated carbocycles. The van der Waals surface area contributed by atoms with Crippen LogP contribution in [0.1, 0.15) is 5.56 Å². The Hall–Kier alpha value is -3.02. The molecule has 2 aromatic heterocycles. The monoisotopic (exact) mass is 297 g/mol. The van der Waals surface area contributed by atoms with Gasteiger partial charge in [0.2, 0.25) is 0 Å². The summed E-state index contributed by atoms with van der Waals surface area (Å²) in [6.45, 7) is 0. The Morgan fingerprint density at radius 2 is 2.18 bits per heavy atom. The minimum Gasteiger partial charge on any atom is -0.478 e. The summed E-state index contributed by atoms with van der Waals surface area (Å²) in [6.07, 6.45) is 6.53. The number of fused-ring (bicyclic) bond motifs is 1. The molecule has 110 valence electrons. The number of carbonyl (C=O) groups is 1. The van der Waals surface area contributed by atoms with Crippen LogP contribution in [0.25, 0.3) is 28.2 Å². The smallest absolute Gasteiger partial charge is 0.328 e. The molecule has 0 saturated heterocycles. The van der Waals surface area contributed by atoms with Crippen LogP contribution in [-0.4, -0.2) is 25.6 Å². The lowest BCUT2D eigenvalue weighted by Gasteiger charge is -2.08. The number of nitrogens with zero attached hydrogens (tertiary/aromatic N) is 3. The Bertz CT molecular complexity index is 900. The van der Waals surface area contributed by atoms with Gasteiger partial charge < -0.3 is 9.67 Å². The SMILES string of the molecule is Cn1cnc2ccc(-c3c(F)cncc3C=CC(=O)O)cc21. The van der Waals surface area contributed by atoms with Gasteiger partial charge >= 0.3 is 5.97 Å². The number of hydrogen-bond acceptors (Lipinski definition) is 3. The molecule has 22 heavy (non-hydrogen) atoms. The number of carboxylic acids is 1. The first-order valence-corrected chi connectivity index (χ1v) is 6.52. The van der Waals surface area contributed by atoms with E-state index in [0.29, 0.717) is 16.7 Å². The topological polar surface area (TPSA) is 68.0 Å². The minimum absolute atomic E-state index is 0.315. The van der Waals surface area contributed by atoms with Gasteiger partial charge in [0.25, 0.3) is 0 Å². The standard InChI is InChI=1S/C16H12FN3O2/c1-20-9-19-13-4-2-10(6-14(13)20)16-11(3-5-15(21)22)7-18-8-12(16)17/h2-9H,1H3,(H,21,22). The summed E-state index contributed by atoms with van der Waals surface area (Å²) in [5.41, 5.74) is 3.03. The molecule has 3 aromatic rings. The number of imidazole rings is 1. The highest BCUT2D eigenvalue weighted by molar-refractivity contribution is 5.89. The Kier molecular flexibility index (Phi) is 3.42. The highest BCUT2D eigenvalue weighted by atomic mass is 19.1. The molecule has 3 rings (SSSR count). The number of pyridine rings is 1. The first-order valence-electron chi connectivity index (χ1n) is 6.52. The quantitative estimate of drug-likeness (QED) is 0.755. The van der Waals surface area contributed by atoms with Crippen LogP contribution in [0.3, 0.4) is 0 Å². The van der Waals surface area contributed by atoms with Crippen LogP contribution >= 0.6 is 0 Å². The van der Waals surface area contributed by atoms with Gasteiger partial charge in [0.15, 0.2) is 0 Å². The summed E-state index contributed by atoms with van der Waals surface area (Å²) in [7, 11) is 1.85. The summed E-state index contributed by atoms with van der Waals surface area (Å²) in [6, 6.07) is 5.37. The molecule has 0 aliphatic carbocycles. The van der Waals surface area contributed by atoms with Crippen molar-refractivity contribution in [1.82, 2.24) is 14.5 Å². The highest BCUT2D eigenvalue weighted by Crippen LogP contribution is 2.29. The molecule has 0 fully saturated rings. The number of aromatic nitrogens is 3. The van der Waals surface area contributed by atoms with Crippen molar-refractivity contribution in [2.75, 3.05) is 0 Å². The van der Waals surface area contributed by atoms with Crippen LogP contribution < -0.4 is 0 Å².